The maximum absolute atomic E-state index is 14.0. The molecule has 3 aliphatic rings. The number of amides is 2. The quantitative estimate of drug-likeness (QED) is 0.174. The molecule has 2 aliphatic carbocycles. The van der Waals surface area contributed by atoms with E-state index in [0.717, 1.165) is 58.1 Å². The van der Waals surface area contributed by atoms with Crippen LogP contribution < -0.4 is 0 Å². The molecule has 44 heavy (non-hydrogen) atoms. The Hall–Kier alpha value is -4.56. The van der Waals surface area contributed by atoms with Crippen LogP contribution in [0.25, 0.3) is 10.9 Å². The topological polar surface area (TPSA) is 99.8 Å². The molecule has 224 valence electrons. The zero-order chi connectivity index (χ0) is 30.6. The third-order valence-corrected chi connectivity index (χ3v) is 9.59. The molecule has 3 aromatic carbocycles. The average Bonchev–Trinajstić information content (AvgIpc) is 3.59. The Morgan fingerprint density at radius 3 is 2.61 bits per heavy atom. The van der Waals surface area contributed by atoms with Crippen molar-refractivity contribution in [2.24, 2.45) is 5.92 Å². The third-order valence-electron chi connectivity index (χ3n) is 9.59. The zero-order valence-corrected chi connectivity index (χ0v) is 25.0. The van der Waals surface area contributed by atoms with E-state index in [9.17, 15) is 19.2 Å². The van der Waals surface area contributed by atoms with Gasteiger partial charge in [-0.25, -0.2) is 4.79 Å². The van der Waals surface area contributed by atoms with Gasteiger partial charge in [-0.05, 0) is 86.1 Å². The monoisotopic (exact) mass is 589 g/mol. The summed E-state index contributed by atoms with van der Waals surface area (Å²) < 4.78 is 5.67. The standard InChI is InChI=1S/C36H35N3O5/c1-38(2)18-16-25-27-20-22(13-14-28(27)37-31(25)34(42)44-21-23-8-4-3-5-9-23)15-19-39-33(41)30-32(40)26-12-6-10-24-11-7-17-36(30,29(24)26)35(39)43/h3-6,8-10,12-14,20,30,37H,7,11,15-19,21H2,1-2H3. The summed E-state index contributed by atoms with van der Waals surface area (Å²) in [5.74, 6) is -2.17. The van der Waals surface area contributed by atoms with Gasteiger partial charge in [-0.2, -0.15) is 0 Å². The van der Waals surface area contributed by atoms with Crippen LogP contribution in [0, 0.1) is 5.92 Å². The van der Waals surface area contributed by atoms with Gasteiger partial charge in [0.25, 0.3) is 0 Å². The Kier molecular flexibility index (Phi) is 6.97. The number of fused-ring (bicyclic) bond motifs is 1. The van der Waals surface area contributed by atoms with Crippen LogP contribution in [0.1, 0.15) is 61.5 Å². The lowest BCUT2D eigenvalue weighted by molar-refractivity contribution is -0.140. The van der Waals surface area contributed by atoms with E-state index in [4.69, 9.17) is 4.74 Å². The number of likely N-dealkylation sites (tertiary alicyclic amines) is 1. The van der Waals surface area contributed by atoms with E-state index in [1.54, 1.807) is 6.07 Å². The van der Waals surface area contributed by atoms with Crippen LogP contribution in [0.3, 0.4) is 0 Å². The summed E-state index contributed by atoms with van der Waals surface area (Å²) in [4.78, 5) is 61.0. The first-order valence-electron chi connectivity index (χ1n) is 15.3. The van der Waals surface area contributed by atoms with E-state index in [0.29, 0.717) is 30.5 Å². The number of aryl methyl sites for hydroxylation is 1. The number of aromatic amines is 1. The van der Waals surface area contributed by atoms with Gasteiger partial charge in [-0.1, -0.05) is 54.6 Å². The van der Waals surface area contributed by atoms with Gasteiger partial charge in [0, 0.05) is 29.6 Å². The lowest BCUT2D eigenvalue weighted by Crippen LogP contribution is -2.42. The highest BCUT2D eigenvalue weighted by atomic mass is 16.5. The van der Waals surface area contributed by atoms with Crippen LogP contribution in [0.5, 0.6) is 0 Å². The second-order valence-electron chi connectivity index (χ2n) is 12.5. The minimum absolute atomic E-state index is 0.183. The number of aromatic nitrogens is 1. The average molecular weight is 590 g/mol. The molecule has 0 bridgehead atoms. The summed E-state index contributed by atoms with van der Waals surface area (Å²) in [6.07, 6.45) is 3.22. The molecule has 8 heteroatoms. The summed E-state index contributed by atoms with van der Waals surface area (Å²) in [6, 6.07) is 21.1. The Labute approximate surface area is 256 Å². The number of ether oxygens (including phenoxy) is 1. The Morgan fingerprint density at radius 2 is 1.82 bits per heavy atom. The number of carbonyl (C=O) groups excluding carboxylic acids is 4. The second-order valence-corrected chi connectivity index (χ2v) is 12.5. The van der Waals surface area contributed by atoms with E-state index in [1.165, 1.54) is 4.90 Å². The number of nitrogens with one attached hydrogen (secondary N) is 1. The summed E-state index contributed by atoms with van der Waals surface area (Å²) in [5, 5.41) is 0.923. The van der Waals surface area contributed by atoms with Crippen molar-refractivity contribution in [3.8, 4) is 0 Å². The van der Waals surface area contributed by atoms with E-state index in [2.05, 4.69) is 9.88 Å². The summed E-state index contributed by atoms with van der Waals surface area (Å²) >= 11 is 0. The third kappa shape index (κ3) is 4.39. The molecule has 1 aliphatic heterocycles. The van der Waals surface area contributed by atoms with Gasteiger partial charge in [0.05, 0.1) is 5.41 Å². The first kappa shape index (κ1) is 28.2. The van der Waals surface area contributed by atoms with E-state index in [1.807, 2.05) is 74.8 Å². The number of rotatable bonds is 9. The Bertz CT molecular complexity index is 1820. The number of hydrogen-bond acceptors (Lipinski definition) is 6. The summed E-state index contributed by atoms with van der Waals surface area (Å²) in [7, 11) is 3.98. The number of carbonyl (C=O) groups is 4. The number of likely N-dealkylation sites (N-methyl/N-ethyl adjacent to an activating group) is 1. The van der Waals surface area contributed by atoms with Gasteiger partial charge in [-0.3, -0.25) is 19.3 Å². The van der Waals surface area contributed by atoms with Crippen LogP contribution in [-0.4, -0.2) is 65.5 Å². The molecule has 0 saturated carbocycles. The molecule has 2 unspecified atom stereocenters. The molecule has 8 nitrogen and oxygen atoms in total. The maximum Gasteiger partial charge on any atom is 0.355 e. The van der Waals surface area contributed by atoms with Crippen molar-refractivity contribution in [1.29, 1.82) is 0 Å². The first-order valence-corrected chi connectivity index (χ1v) is 15.3. The van der Waals surface area contributed by atoms with Gasteiger partial charge in [0.2, 0.25) is 11.8 Å². The summed E-state index contributed by atoms with van der Waals surface area (Å²) in [6.45, 7) is 1.13. The van der Waals surface area contributed by atoms with Crippen molar-refractivity contribution >= 4 is 34.5 Å². The minimum atomic E-state index is -1.04. The molecule has 1 spiro atoms. The van der Waals surface area contributed by atoms with Gasteiger partial charge >= 0.3 is 5.97 Å². The number of esters is 1. The molecule has 1 aromatic heterocycles. The number of imide groups is 1. The van der Waals surface area contributed by atoms with Gasteiger partial charge in [0.15, 0.2) is 5.78 Å². The molecule has 7 rings (SSSR count). The molecule has 2 heterocycles. The highest BCUT2D eigenvalue weighted by Gasteiger charge is 2.68. The molecule has 0 radical (unpaired) electrons. The second kappa shape index (κ2) is 10.9. The fourth-order valence-electron chi connectivity index (χ4n) is 7.52. The van der Waals surface area contributed by atoms with Crippen LogP contribution in [-0.2, 0) is 45.6 Å². The van der Waals surface area contributed by atoms with Crippen molar-refractivity contribution in [3.63, 3.8) is 0 Å². The number of H-pyrrole nitrogens is 1. The zero-order valence-electron chi connectivity index (χ0n) is 25.0. The number of Topliss-reactive ketones (excluding diaryl/α,β-unsaturated/α-hetero) is 1. The van der Waals surface area contributed by atoms with Crippen molar-refractivity contribution in [1.82, 2.24) is 14.8 Å². The van der Waals surface area contributed by atoms with Crippen molar-refractivity contribution in [2.45, 2.75) is 44.1 Å². The number of benzene rings is 3. The van der Waals surface area contributed by atoms with E-state index in [-0.39, 0.29) is 30.7 Å². The van der Waals surface area contributed by atoms with Crippen LogP contribution in [0.15, 0.2) is 66.7 Å². The SMILES string of the molecule is CN(C)CCc1c(C(=O)OCc2ccccc2)[nH]c2ccc(CCN3C(=O)C4C(=O)c5cccc6c5C4(CCC6)C3=O)cc12. The van der Waals surface area contributed by atoms with Gasteiger partial charge < -0.3 is 14.6 Å². The fourth-order valence-corrected chi connectivity index (χ4v) is 7.52. The van der Waals surface area contributed by atoms with Gasteiger partial charge in [-0.15, -0.1) is 0 Å². The molecule has 4 aromatic rings. The largest absolute Gasteiger partial charge is 0.456 e. The molecular formula is C36H35N3O5. The fraction of sp³-hybridized carbons (Fsp3) is 0.333. The maximum atomic E-state index is 14.0. The van der Waals surface area contributed by atoms with E-state index >= 15 is 0 Å². The van der Waals surface area contributed by atoms with Gasteiger partial charge in [0.1, 0.15) is 18.2 Å². The number of ketones is 1. The minimum Gasteiger partial charge on any atom is -0.456 e. The lowest BCUT2D eigenvalue weighted by Gasteiger charge is -2.32. The highest BCUT2D eigenvalue weighted by molar-refractivity contribution is 6.27. The number of nitrogens with zero attached hydrogens (tertiary/aromatic N) is 2. The molecule has 1 fully saturated rings. The Morgan fingerprint density at radius 1 is 1.00 bits per heavy atom. The van der Waals surface area contributed by atoms with Crippen molar-refractivity contribution in [3.05, 3.63) is 106 Å². The summed E-state index contributed by atoms with van der Waals surface area (Å²) in [5.41, 5.74) is 5.34. The van der Waals surface area contributed by atoms with Crippen molar-refractivity contribution in [2.75, 3.05) is 27.2 Å². The smallest absolute Gasteiger partial charge is 0.355 e. The van der Waals surface area contributed by atoms with Crippen molar-refractivity contribution < 1.29 is 23.9 Å². The predicted molar refractivity (Wildman–Crippen MR) is 165 cm³/mol. The van der Waals surface area contributed by atoms with E-state index < -0.39 is 17.3 Å². The first-order chi connectivity index (χ1) is 21.3. The van der Waals surface area contributed by atoms with Crippen LogP contribution >= 0.6 is 0 Å². The lowest BCUT2D eigenvalue weighted by atomic mass is 9.67. The van der Waals surface area contributed by atoms with Crippen LogP contribution in [0.4, 0.5) is 0 Å². The Balaban J connectivity index is 1.14. The normalized spacial score (nSPS) is 20.5. The number of hydrogen-bond donors (Lipinski definition) is 1. The predicted octanol–water partition coefficient (Wildman–Crippen LogP) is 4.63. The van der Waals surface area contributed by atoms with Crippen LogP contribution in [0.2, 0.25) is 0 Å². The molecule has 1 saturated heterocycles. The highest BCUT2D eigenvalue weighted by Crippen LogP contribution is 2.55. The molecule has 2 atom stereocenters. The molecule has 2 amide bonds. The molecular weight excluding hydrogens is 554 g/mol. The molecule has 1 N–H and O–H groups in total.